The maximum atomic E-state index is 13.2. The summed E-state index contributed by atoms with van der Waals surface area (Å²) in [5.41, 5.74) is 5.90. The van der Waals surface area contributed by atoms with Crippen LogP contribution in [0.4, 0.5) is 21.5 Å². The van der Waals surface area contributed by atoms with E-state index >= 15 is 0 Å². The summed E-state index contributed by atoms with van der Waals surface area (Å²) < 4.78 is 13.2. The lowest BCUT2D eigenvalue weighted by molar-refractivity contribution is -0.384. The molecule has 0 saturated carbocycles. The maximum Gasteiger partial charge on any atom is 0.270 e. The number of carbonyl (C=O) groups excluding carboxylic acids is 1. The van der Waals surface area contributed by atoms with Crippen LogP contribution in [0.15, 0.2) is 42.5 Å². The minimum absolute atomic E-state index is 0.00374. The predicted molar refractivity (Wildman–Crippen MR) is 76.6 cm³/mol. The number of non-ortho nitro benzene ring substituents is 1. The fourth-order valence-corrected chi connectivity index (χ4v) is 1.83. The minimum atomic E-state index is -0.613. The van der Waals surface area contributed by atoms with Crippen molar-refractivity contribution in [1.82, 2.24) is 0 Å². The van der Waals surface area contributed by atoms with Crippen molar-refractivity contribution in [3.63, 3.8) is 0 Å². The highest BCUT2D eigenvalue weighted by atomic mass is 19.1. The van der Waals surface area contributed by atoms with Gasteiger partial charge in [0.1, 0.15) is 5.82 Å². The number of carbonyl (C=O) groups is 1. The van der Waals surface area contributed by atoms with Crippen molar-refractivity contribution in [2.45, 2.75) is 0 Å². The number of nitrogens with two attached hydrogens (primary N) is 1. The molecular weight excluding hydrogens is 277 g/mol. The van der Waals surface area contributed by atoms with E-state index in [1.807, 2.05) is 0 Å². The zero-order valence-electron chi connectivity index (χ0n) is 11.1. The SMILES string of the molecule is CN(C(=O)c1cc([N+](=O)[O-])ccc1N)c1cccc(F)c1. The summed E-state index contributed by atoms with van der Waals surface area (Å²) in [7, 11) is 1.44. The molecule has 0 aliphatic rings. The van der Waals surface area contributed by atoms with E-state index < -0.39 is 16.6 Å². The Morgan fingerprint density at radius 3 is 2.62 bits per heavy atom. The third kappa shape index (κ3) is 2.97. The first-order chi connectivity index (χ1) is 9.90. The number of anilines is 2. The molecule has 21 heavy (non-hydrogen) atoms. The van der Waals surface area contributed by atoms with Crippen LogP contribution in [-0.2, 0) is 0 Å². The molecule has 0 aliphatic heterocycles. The van der Waals surface area contributed by atoms with Crippen molar-refractivity contribution in [3.05, 3.63) is 64.0 Å². The number of rotatable bonds is 3. The van der Waals surface area contributed by atoms with Crippen molar-refractivity contribution >= 4 is 23.0 Å². The van der Waals surface area contributed by atoms with Crippen LogP contribution in [0.1, 0.15) is 10.4 Å². The van der Waals surface area contributed by atoms with Gasteiger partial charge >= 0.3 is 0 Å². The number of nitrogen functional groups attached to an aromatic ring is 1. The standard InChI is InChI=1S/C14H12FN3O3/c1-17(10-4-2-3-9(15)7-10)14(19)12-8-11(18(20)21)5-6-13(12)16/h2-8H,16H2,1H3. The lowest BCUT2D eigenvalue weighted by atomic mass is 10.1. The second kappa shape index (κ2) is 5.58. The third-order valence-electron chi connectivity index (χ3n) is 2.98. The molecule has 2 aromatic rings. The summed E-state index contributed by atoms with van der Waals surface area (Å²) in [5.74, 6) is -1.04. The Morgan fingerprint density at radius 2 is 2.00 bits per heavy atom. The van der Waals surface area contributed by atoms with Gasteiger partial charge in [-0.3, -0.25) is 14.9 Å². The van der Waals surface area contributed by atoms with Crippen LogP contribution in [-0.4, -0.2) is 17.9 Å². The zero-order chi connectivity index (χ0) is 15.6. The summed E-state index contributed by atoms with van der Waals surface area (Å²) in [4.78, 5) is 23.7. The molecule has 2 N–H and O–H groups in total. The number of benzene rings is 2. The number of nitro benzene ring substituents is 1. The van der Waals surface area contributed by atoms with Crippen LogP contribution in [0.5, 0.6) is 0 Å². The van der Waals surface area contributed by atoms with Gasteiger partial charge in [0.25, 0.3) is 11.6 Å². The Hall–Kier alpha value is -2.96. The maximum absolute atomic E-state index is 13.2. The minimum Gasteiger partial charge on any atom is -0.398 e. The Morgan fingerprint density at radius 1 is 1.29 bits per heavy atom. The number of hydrogen-bond donors (Lipinski definition) is 1. The van der Waals surface area contributed by atoms with E-state index in [0.717, 1.165) is 6.07 Å². The Kier molecular flexibility index (Phi) is 3.84. The number of halogens is 1. The van der Waals surface area contributed by atoms with Crippen molar-refractivity contribution in [1.29, 1.82) is 0 Å². The topological polar surface area (TPSA) is 89.5 Å². The van der Waals surface area contributed by atoms with Crippen LogP contribution in [0.25, 0.3) is 0 Å². The molecule has 0 atom stereocenters. The first-order valence-electron chi connectivity index (χ1n) is 5.97. The molecule has 0 bridgehead atoms. The Labute approximate surface area is 119 Å². The molecule has 2 aromatic carbocycles. The number of nitrogens with zero attached hydrogens (tertiary/aromatic N) is 2. The summed E-state index contributed by atoms with van der Waals surface area (Å²) in [6, 6.07) is 9.07. The van der Waals surface area contributed by atoms with Crippen LogP contribution in [0, 0.1) is 15.9 Å². The van der Waals surface area contributed by atoms with Crippen LogP contribution in [0.3, 0.4) is 0 Å². The van der Waals surface area contributed by atoms with Gasteiger partial charge in [-0.2, -0.15) is 0 Å². The van der Waals surface area contributed by atoms with Gasteiger partial charge in [0.2, 0.25) is 0 Å². The van der Waals surface area contributed by atoms with Crippen molar-refractivity contribution in [2.75, 3.05) is 17.7 Å². The number of amides is 1. The fourth-order valence-electron chi connectivity index (χ4n) is 1.83. The average Bonchev–Trinajstić information content (AvgIpc) is 2.46. The van der Waals surface area contributed by atoms with E-state index in [1.54, 1.807) is 6.07 Å². The quantitative estimate of drug-likeness (QED) is 0.534. The lowest BCUT2D eigenvalue weighted by Crippen LogP contribution is -2.27. The van der Waals surface area contributed by atoms with E-state index in [9.17, 15) is 19.3 Å². The molecule has 108 valence electrons. The number of nitro groups is 1. The lowest BCUT2D eigenvalue weighted by Gasteiger charge is -2.18. The van der Waals surface area contributed by atoms with E-state index in [2.05, 4.69) is 0 Å². The molecule has 7 heteroatoms. The van der Waals surface area contributed by atoms with Crippen molar-refractivity contribution in [3.8, 4) is 0 Å². The third-order valence-corrected chi connectivity index (χ3v) is 2.98. The van der Waals surface area contributed by atoms with E-state index in [4.69, 9.17) is 5.73 Å². The summed E-state index contributed by atoms with van der Waals surface area (Å²) >= 11 is 0. The van der Waals surface area contributed by atoms with E-state index in [0.29, 0.717) is 5.69 Å². The summed E-state index contributed by atoms with van der Waals surface area (Å²) in [6.07, 6.45) is 0. The highest BCUT2D eigenvalue weighted by Gasteiger charge is 2.19. The normalized spacial score (nSPS) is 10.2. The van der Waals surface area contributed by atoms with Gasteiger partial charge < -0.3 is 10.6 Å². The highest BCUT2D eigenvalue weighted by molar-refractivity contribution is 6.09. The Bertz CT molecular complexity index is 718. The Balaban J connectivity index is 2.39. The van der Waals surface area contributed by atoms with Crippen LogP contribution in [0.2, 0.25) is 0 Å². The molecule has 0 unspecified atom stereocenters. The van der Waals surface area contributed by atoms with Crippen LogP contribution < -0.4 is 10.6 Å². The van der Waals surface area contributed by atoms with Gasteiger partial charge in [-0.15, -0.1) is 0 Å². The van der Waals surface area contributed by atoms with Gasteiger partial charge in [-0.05, 0) is 24.3 Å². The van der Waals surface area contributed by atoms with Gasteiger partial charge in [0.05, 0.1) is 10.5 Å². The molecule has 0 aromatic heterocycles. The first kappa shape index (κ1) is 14.4. The fraction of sp³-hybridized carbons (Fsp3) is 0.0714. The van der Waals surface area contributed by atoms with Crippen LogP contribution >= 0.6 is 0 Å². The second-order valence-corrected chi connectivity index (χ2v) is 4.37. The van der Waals surface area contributed by atoms with Crippen molar-refractivity contribution < 1.29 is 14.1 Å². The first-order valence-corrected chi connectivity index (χ1v) is 5.97. The molecule has 0 radical (unpaired) electrons. The molecule has 6 nitrogen and oxygen atoms in total. The molecule has 0 heterocycles. The van der Waals surface area contributed by atoms with Gasteiger partial charge in [0.15, 0.2) is 0 Å². The average molecular weight is 289 g/mol. The molecule has 0 spiro atoms. The molecule has 0 fully saturated rings. The van der Waals surface area contributed by atoms with Gasteiger partial charge in [-0.25, -0.2) is 4.39 Å². The molecule has 0 saturated heterocycles. The second-order valence-electron chi connectivity index (χ2n) is 4.37. The smallest absolute Gasteiger partial charge is 0.270 e. The van der Waals surface area contributed by atoms with E-state index in [1.165, 1.54) is 42.3 Å². The summed E-state index contributed by atoms with van der Waals surface area (Å²) in [5, 5.41) is 10.8. The predicted octanol–water partition coefficient (Wildman–Crippen LogP) is 2.59. The molecular formula is C14H12FN3O3. The largest absolute Gasteiger partial charge is 0.398 e. The zero-order valence-corrected chi connectivity index (χ0v) is 11.1. The summed E-state index contributed by atoms with van der Waals surface area (Å²) in [6.45, 7) is 0. The number of hydrogen-bond acceptors (Lipinski definition) is 4. The highest BCUT2D eigenvalue weighted by Crippen LogP contribution is 2.23. The molecule has 2 rings (SSSR count). The van der Waals surface area contributed by atoms with Gasteiger partial charge in [0, 0.05) is 30.6 Å². The molecule has 1 amide bonds. The van der Waals surface area contributed by atoms with Crippen molar-refractivity contribution in [2.24, 2.45) is 0 Å². The monoisotopic (exact) mass is 289 g/mol. The molecule has 0 aliphatic carbocycles. The van der Waals surface area contributed by atoms with Gasteiger partial charge in [-0.1, -0.05) is 6.07 Å². The van der Waals surface area contributed by atoms with E-state index in [-0.39, 0.29) is 16.9 Å².